The average Bonchev–Trinajstić information content (AvgIpc) is 2.80. The second kappa shape index (κ2) is 5.65. The summed E-state index contributed by atoms with van der Waals surface area (Å²) >= 11 is 0. The molecule has 21 heavy (non-hydrogen) atoms. The molecule has 0 atom stereocenters. The first-order valence-corrected chi connectivity index (χ1v) is 6.99. The summed E-state index contributed by atoms with van der Waals surface area (Å²) < 4.78 is 7.59. The minimum atomic E-state index is -0.388. The predicted molar refractivity (Wildman–Crippen MR) is 76.9 cm³/mol. The molecule has 0 aliphatic heterocycles. The van der Waals surface area contributed by atoms with E-state index < -0.39 is 0 Å². The van der Waals surface area contributed by atoms with Crippen molar-refractivity contribution in [2.45, 2.75) is 38.5 Å². The normalized spacial score (nSPS) is 21.0. The third kappa shape index (κ3) is 2.80. The van der Waals surface area contributed by atoms with Gasteiger partial charge in [-0.1, -0.05) is 30.3 Å². The van der Waals surface area contributed by atoms with Crippen LogP contribution < -0.4 is 0 Å². The van der Waals surface area contributed by atoms with E-state index in [2.05, 4.69) is 5.10 Å². The number of nitrogens with zero attached hydrogens (tertiary/aromatic N) is 3. The lowest BCUT2D eigenvalue weighted by Crippen LogP contribution is -2.34. The van der Waals surface area contributed by atoms with Crippen molar-refractivity contribution >= 4 is 5.69 Å². The zero-order chi connectivity index (χ0) is 14.8. The van der Waals surface area contributed by atoms with Crippen LogP contribution in [0.25, 0.3) is 0 Å². The first kappa shape index (κ1) is 13.8. The van der Waals surface area contributed by atoms with Crippen molar-refractivity contribution in [3.05, 3.63) is 57.9 Å². The van der Waals surface area contributed by atoms with Crippen LogP contribution in [0, 0.1) is 17.0 Å². The Kier molecular flexibility index (Phi) is 3.70. The highest BCUT2D eigenvalue weighted by Gasteiger charge is 2.34. The second-order valence-corrected chi connectivity index (χ2v) is 5.36. The molecule has 3 rings (SSSR count). The second-order valence-electron chi connectivity index (χ2n) is 5.36. The van der Waals surface area contributed by atoms with Crippen molar-refractivity contribution in [3.63, 3.8) is 0 Å². The SMILES string of the molecule is Cc1c([N+](=O)[O-])cnn1C1CC(OCc2ccccc2)C1. The smallest absolute Gasteiger partial charge is 0.309 e. The molecular formula is C15H17N3O3. The quantitative estimate of drug-likeness (QED) is 0.626. The Bertz CT molecular complexity index is 633. The van der Waals surface area contributed by atoms with Crippen LogP contribution in [0.15, 0.2) is 36.5 Å². The molecule has 1 aromatic carbocycles. The van der Waals surface area contributed by atoms with E-state index >= 15 is 0 Å². The lowest BCUT2D eigenvalue weighted by Gasteiger charge is -2.35. The fourth-order valence-electron chi connectivity index (χ4n) is 2.62. The van der Waals surface area contributed by atoms with Gasteiger partial charge < -0.3 is 4.74 Å². The maximum atomic E-state index is 10.8. The van der Waals surface area contributed by atoms with Gasteiger partial charge in [-0.15, -0.1) is 0 Å². The summed E-state index contributed by atoms with van der Waals surface area (Å²) in [5.41, 5.74) is 1.86. The van der Waals surface area contributed by atoms with Crippen LogP contribution in [-0.2, 0) is 11.3 Å². The molecule has 1 saturated carbocycles. The molecule has 110 valence electrons. The summed E-state index contributed by atoms with van der Waals surface area (Å²) in [6.07, 6.45) is 3.24. The van der Waals surface area contributed by atoms with Gasteiger partial charge in [0.2, 0.25) is 0 Å². The Labute approximate surface area is 122 Å². The number of hydrogen-bond donors (Lipinski definition) is 0. The number of hydrogen-bond acceptors (Lipinski definition) is 4. The van der Waals surface area contributed by atoms with Gasteiger partial charge in [0.1, 0.15) is 11.9 Å². The number of nitro groups is 1. The van der Waals surface area contributed by atoms with Gasteiger partial charge in [-0.3, -0.25) is 14.8 Å². The van der Waals surface area contributed by atoms with E-state index in [9.17, 15) is 10.1 Å². The lowest BCUT2D eigenvalue weighted by atomic mass is 9.89. The molecule has 6 heteroatoms. The molecule has 1 aliphatic carbocycles. The van der Waals surface area contributed by atoms with E-state index in [-0.39, 0.29) is 22.8 Å². The Hall–Kier alpha value is -2.21. The summed E-state index contributed by atoms with van der Waals surface area (Å²) in [5, 5.41) is 14.9. The number of ether oxygens (including phenoxy) is 1. The molecule has 1 fully saturated rings. The summed E-state index contributed by atoms with van der Waals surface area (Å²) in [7, 11) is 0. The first-order valence-electron chi connectivity index (χ1n) is 6.99. The number of benzene rings is 1. The lowest BCUT2D eigenvalue weighted by molar-refractivity contribution is -0.385. The maximum Gasteiger partial charge on any atom is 0.309 e. The molecular weight excluding hydrogens is 270 g/mol. The fourth-order valence-corrected chi connectivity index (χ4v) is 2.62. The Morgan fingerprint density at radius 2 is 2.10 bits per heavy atom. The number of aromatic nitrogens is 2. The van der Waals surface area contributed by atoms with Crippen LogP contribution in [0.4, 0.5) is 5.69 Å². The van der Waals surface area contributed by atoms with Crippen molar-refractivity contribution in [1.29, 1.82) is 0 Å². The van der Waals surface area contributed by atoms with Gasteiger partial charge in [-0.05, 0) is 25.3 Å². The fraction of sp³-hybridized carbons (Fsp3) is 0.400. The highest BCUT2D eigenvalue weighted by atomic mass is 16.6. The molecule has 0 saturated heterocycles. The van der Waals surface area contributed by atoms with Crippen molar-refractivity contribution in [3.8, 4) is 0 Å². The largest absolute Gasteiger partial charge is 0.373 e. The monoisotopic (exact) mass is 287 g/mol. The molecule has 1 aromatic heterocycles. The van der Waals surface area contributed by atoms with Crippen LogP contribution in [-0.4, -0.2) is 20.8 Å². The van der Waals surface area contributed by atoms with Crippen molar-refractivity contribution < 1.29 is 9.66 Å². The van der Waals surface area contributed by atoms with E-state index in [0.29, 0.717) is 12.3 Å². The summed E-state index contributed by atoms with van der Waals surface area (Å²) in [6.45, 7) is 2.35. The molecule has 0 N–H and O–H groups in total. The summed E-state index contributed by atoms with van der Waals surface area (Å²) in [5.74, 6) is 0. The molecule has 6 nitrogen and oxygen atoms in total. The standard InChI is InChI=1S/C15H17N3O3/c1-11-15(18(19)20)9-16-17(11)13-7-14(8-13)21-10-12-5-3-2-4-6-12/h2-6,9,13-14H,7-8,10H2,1H3. The summed E-state index contributed by atoms with van der Waals surface area (Å²) in [4.78, 5) is 10.4. The maximum absolute atomic E-state index is 10.8. The van der Waals surface area contributed by atoms with Crippen LogP contribution in [0.2, 0.25) is 0 Å². The molecule has 0 bridgehead atoms. The predicted octanol–water partition coefficient (Wildman–Crippen LogP) is 3.02. The van der Waals surface area contributed by atoms with Gasteiger partial charge in [0, 0.05) is 0 Å². The van der Waals surface area contributed by atoms with E-state index in [1.54, 1.807) is 11.6 Å². The van der Waals surface area contributed by atoms with E-state index in [1.807, 2.05) is 30.3 Å². The molecule has 0 radical (unpaired) electrons. The van der Waals surface area contributed by atoms with Gasteiger partial charge in [0.15, 0.2) is 0 Å². The van der Waals surface area contributed by atoms with Crippen LogP contribution in [0.1, 0.15) is 30.1 Å². The minimum absolute atomic E-state index is 0.0867. The zero-order valence-corrected chi connectivity index (χ0v) is 11.8. The molecule has 0 unspecified atom stereocenters. The van der Waals surface area contributed by atoms with Crippen molar-refractivity contribution in [1.82, 2.24) is 9.78 Å². The summed E-state index contributed by atoms with van der Waals surface area (Å²) in [6, 6.07) is 10.3. The third-order valence-electron chi connectivity index (χ3n) is 3.96. The van der Waals surface area contributed by atoms with Crippen molar-refractivity contribution in [2.24, 2.45) is 0 Å². The average molecular weight is 287 g/mol. The topological polar surface area (TPSA) is 70.2 Å². The van der Waals surface area contributed by atoms with Gasteiger partial charge in [-0.25, -0.2) is 0 Å². The number of rotatable bonds is 5. The van der Waals surface area contributed by atoms with Gasteiger partial charge in [0.05, 0.1) is 23.7 Å². The first-order chi connectivity index (χ1) is 10.1. The van der Waals surface area contributed by atoms with Gasteiger partial charge >= 0.3 is 5.69 Å². The van der Waals surface area contributed by atoms with E-state index in [4.69, 9.17) is 4.74 Å². The highest BCUT2D eigenvalue weighted by Crippen LogP contribution is 2.36. The van der Waals surface area contributed by atoms with Gasteiger partial charge in [-0.2, -0.15) is 5.10 Å². The Balaban J connectivity index is 1.53. The van der Waals surface area contributed by atoms with Crippen LogP contribution in [0.5, 0.6) is 0 Å². The van der Waals surface area contributed by atoms with E-state index in [1.165, 1.54) is 6.20 Å². The minimum Gasteiger partial charge on any atom is -0.373 e. The molecule has 1 aliphatic rings. The Morgan fingerprint density at radius 3 is 2.71 bits per heavy atom. The van der Waals surface area contributed by atoms with Crippen LogP contribution >= 0.6 is 0 Å². The zero-order valence-electron chi connectivity index (χ0n) is 11.8. The van der Waals surface area contributed by atoms with Gasteiger partial charge in [0.25, 0.3) is 0 Å². The molecule has 2 aromatic rings. The molecule has 0 amide bonds. The molecule has 0 spiro atoms. The third-order valence-corrected chi connectivity index (χ3v) is 3.96. The van der Waals surface area contributed by atoms with E-state index in [0.717, 1.165) is 18.4 Å². The molecule has 1 heterocycles. The highest BCUT2D eigenvalue weighted by molar-refractivity contribution is 5.32. The van der Waals surface area contributed by atoms with Crippen LogP contribution in [0.3, 0.4) is 0 Å². The van der Waals surface area contributed by atoms with Crippen molar-refractivity contribution in [2.75, 3.05) is 0 Å². The Morgan fingerprint density at radius 1 is 1.38 bits per heavy atom.